The third kappa shape index (κ3) is 3.96. The van der Waals surface area contributed by atoms with Crippen molar-refractivity contribution in [3.8, 4) is 0 Å². The summed E-state index contributed by atoms with van der Waals surface area (Å²) in [5, 5.41) is 6.90. The molecular weight excluding hydrogens is 376 g/mol. The van der Waals surface area contributed by atoms with Crippen molar-refractivity contribution in [1.29, 1.82) is 0 Å². The molecule has 1 atom stereocenters. The number of benzene rings is 1. The molecule has 0 spiro atoms. The number of nitrogens with zero attached hydrogens (tertiary/aromatic N) is 4. The lowest BCUT2D eigenvalue weighted by Gasteiger charge is -2.40. The van der Waals surface area contributed by atoms with Gasteiger partial charge in [-0.25, -0.2) is 4.79 Å². The summed E-state index contributed by atoms with van der Waals surface area (Å²) < 4.78 is 3.86. The molecule has 30 heavy (non-hydrogen) atoms. The van der Waals surface area contributed by atoms with Gasteiger partial charge >= 0.3 is 5.69 Å². The molecule has 3 aliphatic rings. The lowest BCUT2D eigenvalue weighted by Crippen LogP contribution is -2.51. The van der Waals surface area contributed by atoms with Crippen molar-refractivity contribution in [2.24, 2.45) is 7.05 Å². The summed E-state index contributed by atoms with van der Waals surface area (Å²) in [5.41, 5.74) is 3.58. The van der Waals surface area contributed by atoms with Crippen molar-refractivity contribution in [1.82, 2.24) is 29.6 Å². The quantitative estimate of drug-likeness (QED) is 0.789. The van der Waals surface area contributed by atoms with E-state index in [9.17, 15) is 4.79 Å². The Labute approximate surface area is 179 Å². The number of imidazole rings is 1. The average Bonchev–Trinajstić information content (AvgIpc) is 3.05. The second-order valence-corrected chi connectivity index (χ2v) is 9.33. The van der Waals surface area contributed by atoms with E-state index in [-0.39, 0.29) is 11.7 Å². The minimum Gasteiger partial charge on any atom is -0.315 e. The number of hydrogen-bond acceptors (Lipinski definition) is 5. The van der Waals surface area contributed by atoms with Gasteiger partial charge in [0.25, 0.3) is 0 Å². The van der Waals surface area contributed by atoms with Crippen molar-refractivity contribution in [3.63, 3.8) is 0 Å². The Bertz CT molecular complexity index is 914. The lowest BCUT2D eigenvalue weighted by molar-refractivity contribution is 0.0948. The van der Waals surface area contributed by atoms with Crippen molar-refractivity contribution in [2.45, 2.75) is 44.3 Å². The largest absolute Gasteiger partial charge is 0.329 e. The fourth-order valence-electron chi connectivity index (χ4n) is 5.66. The number of aromatic nitrogens is 2. The Hall–Kier alpha value is -1.67. The smallest absolute Gasteiger partial charge is 0.315 e. The average molecular weight is 413 g/mol. The molecular formula is C23H36N6O. The van der Waals surface area contributed by atoms with Gasteiger partial charge in [0, 0.05) is 52.4 Å². The standard InChI is InChI=1S/C23H36N6O/c1-26-22-15-18(4-5-21(22)29(23(26)30)20-3-2-8-25-16-20)17-27-11-6-19(7-12-27)28-13-9-24-10-14-28/h4-5,15,19-20,24-25H,2-3,6-14,16-17H2,1H3. The fraction of sp³-hybridized carbons (Fsp3) is 0.696. The van der Waals surface area contributed by atoms with Crippen LogP contribution in [-0.2, 0) is 13.6 Å². The second-order valence-electron chi connectivity index (χ2n) is 9.33. The van der Waals surface area contributed by atoms with E-state index in [0.29, 0.717) is 0 Å². The van der Waals surface area contributed by atoms with Crippen LogP contribution in [0.15, 0.2) is 23.0 Å². The highest BCUT2D eigenvalue weighted by atomic mass is 16.1. The molecule has 2 N–H and O–H groups in total. The first-order valence-electron chi connectivity index (χ1n) is 11.8. The normalized spacial score (nSPS) is 25.2. The summed E-state index contributed by atoms with van der Waals surface area (Å²) in [5.74, 6) is 0. The lowest BCUT2D eigenvalue weighted by atomic mass is 10.0. The Morgan fingerprint density at radius 3 is 2.47 bits per heavy atom. The van der Waals surface area contributed by atoms with Crippen LogP contribution in [0.4, 0.5) is 0 Å². The maximum Gasteiger partial charge on any atom is 0.329 e. The van der Waals surface area contributed by atoms with Crippen LogP contribution in [0.2, 0.25) is 0 Å². The summed E-state index contributed by atoms with van der Waals surface area (Å²) in [4.78, 5) is 18.2. The number of fused-ring (bicyclic) bond motifs is 1. The SMILES string of the molecule is Cn1c(=O)n(C2CCCNC2)c2ccc(CN3CCC(N4CCNCC4)CC3)cc21. The molecule has 3 saturated heterocycles. The van der Waals surface area contributed by atoms with Gasteiger partial charge in [-0.1, -0.05) is 6.07 Å². The van der Waals surface area contributed by atoms with E-state index in [0.717, 1.165) is 62.6 Å². The molecule has 7 nitrogen and oxygen atoms in total. The maximum absolute atomic E-state index is 13.0. The third-order valence-corrected chi connectivity index (χ3v) is 7.42. The first-order valence-corrected chi connectivity index (χ1v) is 11.8. The third-order valence-electron chi connectivity index (χ3n) is 7.42. The zero-order valence-corrected chi connectivity index (χ0v) is 18.3. The van der Waals surface area contributed by atoms with Crippen LogP contribution in [0.3, 0.4) is 0 Å². The Morgan fingerprint density at radius 2 is 1.73 bits per heavy atom. The zero-order chi connectivity index (χ0) is 20.5. The number of rotatable bonds is 4. The minimum absolute atomic E-state index is 0.118. The molecule has 0 radical (unpaired) electrons. The van der Waals surface area contributed by atoms with E-state index in [1.165, 1.54) is 44.6 Å². The highest BCUT2D eigenvalue weighted by molar-refractivity contribution is 5.77. The van der Waals surface area contributed by atoms with E-state index in [4.69, 9.17) is 0 Å². The molecule has 1 aromatic carbocycles. The van der Waals surface area contributed by atoms with Gasteiger partial charge in [0.1, 0.15) is 0 Å². The molecule has 1 unspecified atom stereocenters. The van der Waals surface area contributed by atoms with Crippen LogP contribution in [0.1, 0.15) is 37.3 Å². The van der Waals surface area contributed by atoms with E-state index < -0.39 is 0 Å². The van der Waals surface area contributed by atoms with E-state index in [2.05, 4.69) is 38.6 Å². The maximum atomic E-state index is 13.0. The molecule has 0 bridgehead atoms. The Balaban J connectivity index is 1.28. The summed E-state index contributed by atoms with van der Waals surface area (Å²) in [6.07, 6.45) is 4.75. The summed E-state index contributed by atoms with van der Waals surface area (Å²) >= 11 is 0. The van der Waals surface area contributed by atoms with Crippen LogP contribution in [0.25, 0.3) is 11.0 Å². The van der Waals surface area contributed by atoms with Crippen LogP contribution in [0.5, 0.6) is 0 Å². The molecule has 0 saturated carbocycles. The highest BCUT2D eigenvalue weighted by Crippen LogP contribution is 2.24. The number of hydrogen-bond donors (Lipinski definition) is 2. The molecule has 5 rings (SSSR count). The molecule has 0 aliphatic carbocycles. The van der Waals surface area contributed by atoms with E-state index in [1.54, 1.807) is 0 Å². The molecule has 164 valence electrons. The molecule has 4 heterocycles. The Morgan fingerprint density at radius 1 is 0.933 bits per heavy atom. The van der Waals surface area contributed by atoms with Gasteiger partial charge in [-0.2, -0.15) is 0 Å². The van der Waals surface area contributed by atoms with Gasteiger partial charge in [-0.3, -0.25) is 18.9 Å². The molecule has 0 amide bonds. The van der Waals surface area contributed by atoms with Gasteiger partial charge < -0.3 is 10.6 Å². The Kier molecular flexibility index (Phi) is 5.96. The van der Waals surface area contributed by atoms with Gasteiger partial charge in [0.2, 0.25) is 0 Å². The van der Waals surface area contributed by atoms with Crippen LogP contribution in [-0.4, -0.2) is 77.3 Å². The fourth-order valence-corrected chi connectivity index (χ4v) is 5.66. The van der Waals surface area contributed by atoms with E-state index in [1.807, 2.05) is 16.2 Å². The first kappa shape index (κ1) is 20.2. The van der Waals surface area contributed by atoms with Gasteiger partial charge in [0.05, 0.1) is 17.1 Å². The van der Waals surface area contributed by atoms with Crippen LogP contribution in [0, 0.1) is 0 Å². The first-order chi connectivity index (χ1) is 14.7. The number of piperidine rings is 2. The monoisotopic (exact) mass is 412 g/mol. The van der Waals surface area contributed by atoms with Crippen molar-refractivity contribution in [3.05, 3.63) is 34.2 Å². The number of aryl methyl sites for hydroxylation is 1. The summed E-state index contributed by atoms with van der Waals surface area (Å²) in [6.45, 7) is 9.93. The topological polar surface area (TPSA) is 57.5 Å². The minimum atomic E-state index is 0.118. The number of nitrogens with one attached hydrogen (secondary N) is 2. The van der Waals surface area contributed by atoms with Crippen molar-refractivity contribution < 1.29 is 0 Å². The van der Waals surface area contributed by atoms with Gasteiger partial charge in [0.15, 0.2) is 0 Å². The summed E-state index contributed by atoms with van der Waals surface area (Å²) in [6, 6.07) is 7.67. The van der Waals surface area contributed by atoms with Gasteiger partial charge in [-0.15, -0.1) is 0 Å². The summed E-state index contributed by atoms with van der Waals surface area (Å²) in [7, 11) is 1.92. The molecule has 3 aliphatic heterocycles. The number of likely N-dealkylation sites (tertiary alicyclic amines) is 1. The second kappa shape index (κ2) is 8.83. The zero-order valence-electron chi connectivity index (χ0n) is 18.3. The molecule has 1 aromatic heterocycles. The van der Waals surface area contributed by atoms with Gasteiger partial charge in [-0.05, 0) is 63.0 Å². The molecule has 3 fully saturated rings. The molecule has 2 aromatic rings. The van der Waals surface area contributed by atoms with Crippen LogP contribution < -0.4 is 16.3 Å². The van der Waals surface area contributed by atoms with Crippen LogP contribution >= 0.6 is 0 Å². The van der Waals surface area contributed by atoms with Crippen molar-refractivity contribution in [2.75, 3.05) is 52.4 Å². The highest BCUT2D eigenvalue weighted by Gasteiger charge is 2.26. The predicted octanol–water partition coefficient (Wildman–Crippen LogP) is 1.13. The molecule has 7 heteroatoms. The number of piperazine rings is 1. The predicted molar refractivity (Wildman–Crippen MR) is 121 cm³/mol. The van der Waals surface area contributed by atoms with E-state index >= 15 is 0 Å². The van der Waals surface area contributed by atoms with Crippen molar-refractivity contribution >= 4 is 11.0 Å².